The van der Waals surface area contributed by atoms with Crippen molar-refractivity contribution in [3.63, 3.8) is 0 Å². The van der Waals surface area contributed by atoms with Gasteiger partial charge in [-0.05, 0) is 0 Å². The molecular weight excluding hydrogens is 320 g/mol. The molecule has 0 unspecified atom stereocenters. The Bertz CT molecular complexity index is 7.51. The van der Waals surface area contributed by atoms with Crippen LogP contribution >= 0.6 is 0 Å². The Morgan fingerprint density at radius 1 is 0.500 bits per heavy atom. The van der Waals surface area contributed by atoms with Gasteiger partial charge in [0.2, 0.25) is 0 Å². The smallest absolute Gasteiger partial charge is 1.00 e. The Morgan fingerprint density at radius 3 is 0.500 bits per heavy atom. The van der Waals surface area contributed by atoms with Crippen molar-refractivity contribution in [1.29, 1.82) is 0 Å². The largest absolute Gasteiger partial charge is 2.00 e. The van der Waals surface area contributed by atoms with Crippen molar-refractivity contribution in [3.8, 4) is 0 Å². The molecule has 0 radical (unpaired) electrons. The van der Waals surface area contributed by atoms with Crippen molar-refractivity contribution in [3.05, 3.63) is 0 Å². The molecule has 0 spiro atoms. The maximum Gasteiger partial charge on any atom is 2.00 e. The van der Waals surface area contributed by atoms with Crippen LogP contribution in [-0.2, 0) is 46.8 Å². The van der Waals surface area contributed by atoms with Gasteiger partial charge in [0.15, 0.2) is 0 Å². The molecule has 0 aliphatic heterocycles. The molecule has 0 saturated carbocycles. The van der Waals surface area contributed by atoms with Gasteiger partial charge in [-0.25, -0.2) is 0 Å². The van der Waals surface area contributed by atoms with E-state index in [0.717, 1.165) is 0 Å². The van der Waals surface area contributed by atoms with Gasteiger partial charge in [0.05, 0.1) is 0 Å². The summed E-state index contributed by atoms with van der Waals surface area (Å²) in [5.41, 5.74) is 0. The Morgan fingerprint density at radius 2 is 0.500 bits per heavy atom. The van der Waals surface area contributed by atoms with Crippen LogP contribution < -0.4 is 49.6 Å². The Hall–Kier alpha value is 2.71. The summed E-state index contributed by atoms with van der Waals surface area (Å²) in [5.74, 6) is 0. The van der Waals surface area contributed by atoms with E-state index in [4.69, 9.17) is 0 Å². The molecule has 32 valence electrons. The summed E-state index contributed by atoms with van der Waals surface area (Å²) >= 11 is 0. The normalized spacial score (nSPS) is 0. The first-order valence-electron chi connectivity index (χ1n) is 0. The van der Waals surface area contributed by atoms with Crippen LogP contribution in [0.25, 0.3) is 0 Å². The third kappa shape index (κ3) is 29.8. The average Bonchev–Trinajstić information content (AvgIpc) is 0. The molecule has 0 heterocycles. The molecule has 0 aromatic carbocycles. The Balaban J connectivity index is 0. The zero-order valence-corrected chi connectivity index (χ0v) is 13.0. The van der Waals surface area contributed by atoms with Crippen LogP contribution in [0.3, 0.4) is 0 Å². The second-order valence-electron chi connectivity index (χ2n) is 0. The predicted molar refractivity (Wildman–Crippen MR) is 0 cm³/mol. The number of halogens is 4. The average molecular weight is 320 g/mol. The van der Waals surface area contributed by atoms with E-state index in [2.05, 4.69) is 0 Å². The molecule has 0 saturated heterocycles. The summed E-state index contributed by atoms with van der Waals surface area (Å²) in [6.07, 6.45) is 0. The molecule has 6 heavy (non-hydrogen) atoms. The van der Waals surface area contributed by atoms with Crippen molar-refractivity contribution < 1.29 is 96.4 Å². The topological polar surface area (TPSA) is 0 Å². The fraction of sp³-hybridized carbons (Fsp3) is 0. The fourth-order valence-corrected chi connectivity index (χ4v) is 0. The van der Waals surface area contributed by atoms with Crippen molar-refractivity contribution in [2.75, 3.05) is 0 Å². The maximum atomic E-state index is 0. The third-order valence-electron chi connectivity index (χ3n) is 0. The van der Waals surface area contributed by atoms with E-state index in [1.807, 2.05) is 0 Å². The van der Waals surface area contributed by atoms with Gasteiger partial charge in [0, 0.05) is 0 Å². The first-order valence-corrected chi connectivity index (χ1v) is 0. The summed E-state index contributed by atoms with van der Waals surface area (Å²) < 4.78 is 0. The molecule has 0 rings (SSSR count). The van der Waals surface area contributed by atoms with E-state index < -0.39 is 0 Å². The van der Waals surface area contributed by atoms with Crippen LogP contribution in [0, 0.1) is 0 Å². The van der Waals surface area contributed by atoms with Gasteiger partial charge < -0.3 is 49.6 Å². The summed E-state index contributed by atoms with van der Waals surface area (Å²) in [7, 11) is 0. The van der Waals surface area contributed by atoms with Crippen LogP contribution in [0.15, 0.2) is 0 Å². The van der Waals surface area contributed by atoms with E-state index in [9.17, 15) is 0 Å². The first-order chi connectivity index (χ1) is 0. The molecule has 0 amide bonds. The zero-order chi connectivity index (χ0) is 0. The van der Waals surface area contributed by atoms with Crippen LogP contribution in [-0.4, -0.2) is 0 Å². The van der Waals surface area contributed by atoms with Gasteiger partial charge in [0.25, 0.3) is 0 Å². The number of hydrogen-bond donors (Lipinski definition) is 0. The second kappa shape index (κ2) is 47.3. The number of rotatable bonds is 0. The molecule has 0 aromatic rings. The molecule has 0 fully saturated rings. The van der Waals surface area contributed by atoms with E-state index in [1.165, 1.54) is 0 Å². The molecule has 0 aliphatic rings. The molecule has 0 nitrogen and oxygen atoms in total. The van der Waals surface area contributed by atoms with E-state index in [-0.39, 0.29) is 96.4 Å². The molecule has 0 aliphatic carbocycles. The Kier molecular flexibility index (Phi) is 557. The zero-order valence-electron chi connectivity index (χ0n) is 2.93. The van der Waals surface area contributed by atoms with Crippen LogP contribution in [0.2, 0.25) is 0 Å². The Labute approximate surface area is 95.1 Å². The molecular formula is CdCl4Zn. The predicted octanol–water partition coefficient (Wildman–Crippen LogP) is -12.0. The van der Waals surface area contributed by atoms with Crippen molar-refractivity contribution >= 4 is 0 Å². The van der Waals surface area contributed by atoms with Gasteiger partial charge in [-0.15, -0.1) is 0 Å². The SMILES string of the molecule is [Cd+2].[Cl-].[Cl-].[Cl-].[Cl-].[Zn+2]. The van der Waals surface area contributed by atoms with E-state index in [0.29, 0.717) is 0 Å². The molecule has 0 aromatic heterocycles. The summed E-state index contributed by atoms with van der Waals surface area (Å²) in [5, 5.41) is 0. The van der Waals surface area contributed by atoms with Crippen LogP contribution in [0.1, 0.15) is 0 Å². The third-order valence-corrected chi connectivity index (χ3v) is 0. The minimum atomic E-state index is 0. The summed E-state index contributed by atoms with van der Waals surface area (Å²) in [6.45, 7) is 0. The standard InChI is InChI=1S/Cd.4ClH.Zn/h;4*1H;/q+2;;;;;+2/p-4. The summed E-state index contributed by atoms with van der Waals surface area (Å²) in [4.78, 5) is 0. The van der Waals surface area contributed by atoms with Gasteiger partial charge in [-0.2, -0.15) is 0 Å². The minimum Gasteiger partial charge on any atom is -1.00 e. The van der Waals surface area contributed by atoms with Gasteiger partial charge in [-0.3, -0.25) is 0 Å². The van der Waals surface area contributed by atoms with Gasteiger partial charge in [-0.1, -0.05) is 0 Å². The van der Waals surface area contributed by atoms with E-state index in [1.54, 1.807) is 0 Å². The number of hydrogen-bond acceptors (Lipinski definition) is 0. The van der Waals surface area contributed by atoms with Crippen molar-refractivity contribution in [2.45, 2.75) is 0 Å². The first kappa shape index (κ1) is 70.6. The van der Waals surface area contributed by atoms with Crippen molar-refractivity contribution in [2.24, 2.45) is 0 Å². The molecule has 6 heteroatoms. The molecule has 0 atom stereocenters. The van der Waals surface area contributed by atoms with Crippen molar-refractivity contribution in [1.82, 2.24) is 0 Å². The van der Waals surface area contributed by atoms with Crippen LogP contribution in [0.4, 0.5) is 0 Å². The maximum absolute atomic E-state index is 0. The van der Waals surface area contributed by atoms with Crippen LogP contribution in [0.5, 0.6) is 0 Å². The second-order valence-corrected chi connectivity index (χ2v) is 0. The monoisotopic (exact) mass is 318 g/mol. The van der Waals surface area contributed by atoms with Gasteiger partial charge in [0.1, 0.15) is 0 Å². The fourth-order valence-electron chi connectivity index (χ4n) is 0. The van der Waals surface area contributed by atoms with Gasteiger partial charge >= 0.3 is 46.8 Å². The molecule has 0 bridgehead atoms. The quantitative estimate of drug-likeness (QED) is 0.389. The van der Waals surface area contributed by atoms with E-state index >= 15 is 0 Å². The minimum absolute atomic E-state index is 0. The summed E-state index contributed by atoms with van der Waals surface area (Å²) in [6, 6.07) is 0. The molecule has 0 N–H and O–H groups in total.